The highest BCUT2D eigenvalue weighted by atomic mass is 16.2. The minimum Gasteiger partial charge on any atom is -0.337 e. The van der Waals surface area contributed by atoms with Crippen molar-refractivity contribution >= 4 is 12.0 Å². The molecule has 23 heavy (non-hydrogen) atoms. The van der Waals surface area contributed by atoms with E-state index in [1.807, 2.05) is 17.0 Å². The molecule has 1 N–H and O–H groups in total. The number of urea groups is 1. The molecule has 2 aromatic rings. The van der Waals surface area contributed by atoms with E-state index in [1.54, 1.807) is 18.5 Å². The van der Waals surface area contributed by atoms with Crippen LogP contribution in [0.1, 0.15) is 11.1 Å². The van der Waals surface area contributed by atoms with E-state index in [0.29, 0.717) is 19.6 Å². The summed E-state index contributed by atoms with van der Waals surface area (Å²) in [6.45, 7) is 5.47. The van der Waals surface area contributed by atoms with E-state index in [0.717, 1.165) is 24.6 Å². The lowest BCUT2D eigenvalue weighted by atomic mass is 10.1. The van der Waals surface area contributed by atoms with E-state index in [9.17, 15) is 4.79 Å². The highest BCUT2D eigenvalue weighted by Gasteiger charge is 2.22. The maximum absolute atomic E-state index is 12.2. The molecule has 1 fully saturated rings. The third-order valence-electron chi connectivity index (χ3n) is 3.97. The molecule has 0 bridgehead atoms. The monoisotopic (exact) mass is 311 g/mol. The maximum Gasteiger partial charge on any atom is 0.317 e. The topological polar surface area (TPSA) is 61.4 Å². The second-order valence-corrected chi connectivity index (χ2v) is 5.67. The first-order chi connectivity index (χ1) is 11.2. The molecule has 1 aliphatic rings. The Morgan fingerprint density at radius 2 is 1.74 bits per heavy atom. The summed E-state index contributed by atoms with van der Waals surface area (Å²) in [6.07, 6.45) is 3.48. The van der Waals surface area contributed by atoms with Crippen LogP contribution in [0.4, 0.5) is 10.7 Å². The van der Waals surface area contributed by atoms with E-state index in [1.165, 1.54) is 5.56 Å². The number of nitrogens with one attached hydrogen (secondary N) is 1. The summed E-state index contributed by atoms with van der Waals surface area (Å²) in [4.78, 5) is 24.7. The fourth-order valence-electron chi connectivity index (χ4n) is 2.56. The van der Waals surface area contributed by atoms with Crippen molar-refractivity contribution in [3.8, 4) is 0 Å². The van der Waals surface area contributed by atoms with Crippen LogP contribution in [0.3, 0.4) is 0 Å². The van der Waals surface area contributed by atoms with E-state index in [4.69, 9.17) is 0 Å². The molecule has 2 heterocycles. The number of aryl methyl sites for hydroxylation is 1. The zero-order valence-electron chi connectivity index (χ0n) is 13.3. The smallest absolute Gasteiger partial charge is 0.317 e. The van der Waals surface area contributed by atoms with Gasteiger partial charge in [0.05, 0.1) is 0 Å². The fraction of sp³-hybridized carbons (Fsp3) is 0.353. The van der Waals surface area contributed by atoms with Crippen LogP contribution in [-0.2, 0) is 6.54 Å². The maximum atomic E-state index is 12.2. The van der Waals surface area contributed by atoms with Crippen molar-refractivity contribution < 1.29 is 4.79 Å². The van der Waals surface area contributed by atoms with Gasteiger partial charge in [-0.3, -0.25) is 0 Å². The molecule has 0 radical (unpaired) electrons. The summed E-state index contributed by atoms with van der Waals surface area (Å²) in [6, 6.07) is 9.98. The van der Waals surface area contributed by atoms with Gasteiger partial charge in [0, 0.05) is 45.1 Å². The van der Waals surface area contributed by atoms with Crippen molar-refractivity contribution in [2.75, 3.05) is 31.1 Å². The first-order valence-electron chi connectivity index (χ1n) is 7.83. The SMILES string of the molecule is Cc1ccc(CNC(=O)N2CCN(c3ncccn3)CC2)cc1. The van der Waals surface area contributed by atoms with Crippen LogP contribution in [0.2, 0.25) is 0 Å². The molecule has 120 valence electrons. The average molecular weight is 311 g/mol. The molecule has 6 heteroatoms. The average Bonchev–Trinajstić information content (AvgIpc) is 2.62. The molecule has 0 saturated carbocycles. The number of piperazine rings is 1. The summed E-state index contributed by atoms with van der Waals surface area (Å²) in [5.41, 5.74) is 2.33. The zero-order chi connectivity index (χ0) is 16.1. The normalized spacial score (nSPS) is 14.7. The second kappa shape index (κ2) is 7.09. The first-order valence-corrected chi connectivity index (χ1v) is 7.83. The van der Waals surface area contributed by atoms with Crippen LogP contribution < -0.4 is 10.2 Å². The minimum absolute atomic E-state index is 0.0146. The van der Waals surface area contributed by atoms with Gasteiger partial charge in [-0.15, -0.1) is 0 Å². The lowest BCUT2D eigenvalue weighted by Crippen LogP contribution is -2.52. The zero-order valence-corrected chi connectivity index (χ0v) is 13.3. The Balaban J connectivity index is 1.47. The Morgan fingerprint density at radius 3 is 2.39 bits per heavy atom. The Morgan fingerprint density at radius 1 is 1.09 bits per heavy atom. The van der Waals surface area contributed by atoms with Crippen molar-refractivity contribution in [3.63, 3.8) is 0 Å². The second-order valence-electron chi connectivity index (χ2n) is 5.67. The molecule has 0 unspecified atom stereocenters. The standard InChI is InChI=1S/C17H21N5O/c1-14-3-5-15(6-4-14)13-20-17(23)22-11-9-21(10-12-22)16-18-7-2-8-19-16/h2-8H,9-13H2,1H3,(H,20,23). The Bertz CT molecular complexity index is 636. The Kier molecular flexibility index (Phi) is 4.71. The van der Waals surface area contributed by atoms with Gasteiger partial charge in [0.15, 0.2) is 0 Å². The van der Waals surface area contributed by atoms with Crippen molar-refractivity contribution in [3.05, 3.63) is 53.9 Å². The predicted octanol–water partition coefficient (Wildman–Crippen LogP) is 1.82. The number of benzene rings is 1. The molecule has 1 aromatic heterocycles. The number of nitrogens with zero attached hydrogens (tertiary/aromatic N) is 4. The third kappa shape index (κ3) is 3.97. The molecule has 0 spiro atoms. The number of carbonyl (C=O) groups is 1. The van der Waals surface area contributed by atoms with Gasteiger partial charge in [-0.2, -0.15) is 0 Å². The number of hydrogen-bond donors (Lipinski definition) is 1. The molecule has 1 aliphatic heterocycles. The molecule has 6 nitrogen and oxygen atoms in total. The molecule has 0 atom stereocenters. The molecular formula is C17H21N5O. The third-order valence-corrected chi connectivity index (χ3v) is 3.97. The van der Waals surface area contributed by atoms with Crippen molar-refractivity contribution in [1.29, 1.82) is 0 Å². The summed E-state index contributed by atoms with van der Waals surface area (Å²) < 4.78 is 0. The predicted molar refractivity (Wildman–Crippen MR) is 89.2 cm³/mol. The van der Waals surface area contributed by atoms with Crippen molar-refractivity contribution in [2.45, 2.75) is 13.5 Å². The van der Waals surface area contributed by atoms with Gasteiger partial charge in [0.1, 0.15) is 0 Å². The van der Waals surface area contributed by atoms with Crippen LogP contribution in [0.5, 0.6) is 0 Å². The lowest BCUT2D eigenvalue weighted by Gasteiger charge is -2.34. The van der Waals surface area contributed by atoms with E-state index in [2.05, 4.69) is 39.2 Å². The first kappa shape index (κ1) is 15.3. The molecule has 3 rings (SSSR count). The number of aromatic nitrogens is 2. The number of rotatable bonds is 3. The van der Waals surface area contributed by atoms with E-state index >= 15 is 0 Å². The molecular weight excluding hydrogens is 290 g/mol. The fourth-order valence-corrected chi connectivity index (χ4v) is 2.56. The molecule has 2 amide bonds. The van der Waals surface area contributed by atoms with Crippen LogP contribution >= 0.6 is 0 Å². The van der Waals surface area contributed by atoms with Gasteiger partial charge in [0.2, 0.25) is 5.95 Å². The number of anilines is 1. The van der Waals surface area contributed by atoms with E-state index in [-0.39, 0.29) is 6.03 Å². The Hall–Kier alpha value is -2.63. The largest absolute Gasteiger partial charge is 0.337 e. The van der Waals surface area contributed by atoms with Gasteiger partial charge < -0.3 is 15.1 Å². The van der Waals surface area contributed by atoms with Crippen LogP contribution in [-0.4, -0.2) is 47.1 Å². The van der Waals surface area contributed by atoms with Crippen LogP contribution in [0, 0.1) is 6.92 Å². The number of carbonyl (C=O) groups excluding carboxylic acids is 1. The quantitative estimate of drug-likeness (QED) is 0.939. The van der Waals surface area contributed by atoms with Crippen LogP contribution in [0.15, 0.2) is 42.7 Å². The summed E-state index contributed by atoms with van der Waals surface area (Å²) >= 11 is 0. The minimum atomic E-state index is -0.0146. The highest BCUT2D eigenvalue weighted by Crippen LogP contribution is 2.10. The van der Waals surface area contributed by atoms with Gasteiger partial charge in [-0.1, -0.05) is 29.8 Å². The van der Waals surface area contributed by atoms with E-state index < -0.39 is 0 Å². The number of amides is 2. The summed E-state index contributed by atoms with van der Waals surface area (Å²) in [5.74, 6) is 0.729. The molecule has 1 saturated heterocycles. The van der Waals surface area contributed by atoms with Gasteiger partial charge >= 0.3 is 6.03 Å². The van der Waals surface area contributed by atoms with Gasteiger partial charge in [-0.25, -0.2) is 14.8 Å². The Labute approximate surface area is 136 Å². The van der Waals surface area contributed by atoms with Crippen molar-refractivity contribution in [2.24, 2.45) is 0 Å². The van der Waals surface area contributed by atoms with Gasteiger partial charge in [-0.05, 0) is 18.6 Å². The molecule has 0 aliphatic carbocycles. The summed E-state index contributed by atoms with van der Waals surface area (Å²) in [7, 11) is 0. The number of hydrogen-bond acceptors (Lipinski definition) is 4. The molecule has 1 aromatic carbocycles. The van der Waals surface area contributed by atoms with Gasteiger partial charge in [0.25, 0.3) is 0 Å². The van der Waals surface area contributed by atoms with Crippen molar-refractivity contribution in [1.82, 2.24) is 20.2 Å². The van der Waals surface area contributed by atoms with Crippen LogP contribution in [0.25, 0.3) is 0 Å². The highest BCUT2D eigenvalue weighted by molar-refractivity contribution is 5.74. The summed E-state index contributed by atoms with van der Waals surface area (Å²) in [5, 5.41) is 2.98. The lowest BCUT2D eigenvalue weighted by molar-refractivity contribution is 0.193.